The van der Waals surface area contributed by atoms with Crippen LogP contribution in [0.3, 0.4) is 0 Å². The average Bonchev–Trinajstić information content (AvgIpc) is 2.08. The Kier molecular flexibility index (Phi) is 6.23. The molecule has 0 spiro atoms. The lowest BCUT2D eigenvalue weighted by Crippen LogP contribution is -2.53. The van der Waals surface area contributed by atoms with Crippen LogP contribution in [-0.4, -0.2) is 14.2 Å². The topological polar surface area (TPSA) is 0 Å². The number of hydrogen-bond acceptors (Lipinski definition) is 3. The van der Waals surface area contributed by atoms with Gasteiger partial charge in [0.25, 0.3) is 0 Å². The lowest BCUT2D eigenvalue weighted by atomic mass is 9.54. The molecule has 0 saturated heterocycles. The fourth-order valence-corrected chi connectivity index (χ4v) is 3.26. The van der Waals surface area contributed by atoms with E-state index in [-0.39, 0.29) is 25.1 Å². The van der Waals surface area contributed by atoms with Gasteiger partial charge in [-0.15, -0.1) is 0 Å². The van der Waals surface area contributed by atoms with E-state index < -0.39 is 0 Å². The Balaban J connectivity index is 5.89. The van der Waals surface area contributed by atoms with Gasteiger partial charge in [-0.1, -0.05) is 69.2 Å². The van der Waals surface area contributed by atoms with E-state index in [2.05, 4.69) is 69.2 Å². The zero-order valence-corrected chi connectivity index (χ0v) is 17.8. The van der Waals surface area contributed by atoms with E-state index in [0.29, 0.717) is 5.92 Å². The minimum Gasteiger partial charge on any atom is -0.173 e. The van der Waals surface area contributed by atoms with Crippen LogP contribution in [0.2, 0.25) is 0 Å². The van der Waals surface area contributed by atoms with Crippen LogP contribution in [-0.2, 0) is 0 Å². The van der Waals surface area contributed by atoms with Gasteiger partial charge in [-0.05, 0) is 23.2 Å². The maximum Gasteiger partial charge on any atom is 0.0127 e. The molecule has 0 heterocycles. The molecule has 0 bridgehead atoms. The molecule has 0 aliphatic carbocycles. The minimum atomic E-state index is -0.0625. The Hall–Kier alpha value is 1.05. The molecule has 0 aromatic carbocycles. The lowest BCUT2D eigenvalue weighted by Gasteiger charge is -2.56. The van der Waals surface area contributed by atoms with Gasteiger partial charge in [0.15, 0.2) is 0 Å². The molecule has 3 heteroatoms. The molecule has 0 atom stereocenters. The molecular formula is C17H36S3. The molecule has 0 aliphatic rings. The van der Waals surface area contributed by atoms with Crippen molar-refractivity contribution in [2.45, 2.75) is 89.9 Å². The number of rotatable bonds is 6. The van der Waals surface area contributed by atoms with E-state index in [0.717, 1.165) is 6.42 Å². The van der Waals surface area contributed by atoms with E-state index in [9.17, 15) is 0 Å². The van der Waals surface area contributed by atoms with E-state index in [1.807, 2.05) is 0 Å². The van der Waals surface area contributed by atoms with Gasteiger partial charge in [-0.25, -0.2) is 0 Å². The van der Waals surface area contributed by atoms with Gasteiger partial charge >= 0.3 is 0 Å². The largest absolute Gasteiger partial charge is 0.173 e. The van der Waals surface area contributed by atoms with Crippen molar-refractivity contribution in [2.24, 2.45) is 16.7 Å². The molecule has 0 nitrogen and oxygen atoms in total. The van der Waals surface area contributed by atoms with Gasteiger partial charge in [0.2, 0.25) is 0 Å². The average molecular weight is 337 g/mol. The molecular weight excluding hydrogens is 300 g/mol. The molecule has 0 rings (SSSR count). The first-order valence-electron chi connectivity index (χ1n) is 7.51. The van der Waals surface area contributed by atoms with Crippen LogP contribution in [0.4, 0.5) is 0 Å². The summed E-state index contributed by atoms with van der Waals surface area (Å²) in [4.78, 5) is 0. The molecule has 122 valence electrons. The molecule has 20 heavy (non-hydrogen) atoms. The summed E-state index contributed by atoms with van der Waals surface area (Å²) in [6.07, 6.45) is 1.05. The van der Waals surface area contributed by atoms with Gasteiger partial charge in [-0.3, -0.25) is 0 Å². The Morgan fingerprint density at radius 1 is 0.600 bits per heavy atom. The summed E-state index contributed by atoms with van der Waals surface area (Å²) < 4.78 is -0.128. The fourth-order valence-electron chi connectivity index (χ4n) is 2.76. The third kappa shape index (κ3) is 4.78. The van der Waals surface area contributed by atoms with Gasteiger partial charge < -0.3 is 0 Å². The van der Waals surface area contributed by atoms with Crippen molar-refractivity contribution in [1.82, 2.24) is 0 Å². The van der Waals surface area contributed by atoms with Crippen LogP contribution in [0.25, 0.3) is 0 Å². The fraction of sp³-hybridized carbons (Fsp3) is 1.00. The third-order valence-electron chi connectivity index (χ3n) is 5.60. The van der Waals surface area contributed by atoms with Gasteiger partial charge in [0.1, 0.15) is 0 Å². The normalized spacial score (nSPS) is 15.9. The summed E-state index contributed by atoms with van der Waals surface area (Å²) in [7, 11) is 0. The quantitative estimate of drug-likeness (QED) is 0.475. The van der Waals surface area contributed by atoms with Crippen LogP contribution in [0.15, 0.2) is 0 Å². The first-order chi connectivity index (χ1) is 8.34. The summed E-state index contributed by atoms with van der Waals surface area (Å²) in [5.41, 5.74) is 0.138. The highest BCUT2D eigenvalue weighted by atomic mass is 32.1. The van der Waals surface area contributed by atoms with Crippen LogP contribution in [0, 0.1) is 16.7 Å². The van der Waals surface area contributed by atoms with Crippen LogP contribution in [0.1, 0.15) is 75.7 Å². The van der Waals surface area contributed by atoms with E-state index >= 15 is 0 Å². The van der Waals surface area contributed by atoms with Crippen molar-refractivity contribution in [3.8, 4) is 0 Å². The monoisotopic (exact) mass is 336 g/mol. The highest BCUT2D eigenvalue weighted by Crippen LogP contribution is 2.57. The van der Waals surface area contributed by atoms with Gasteiger partial charge in [-0.2, -0.15) is 37.9 Å². The summed E-state index contributed by atoms with van der Waals surface area (Å²) in [6, 6.07) is 0. The molecule has 0 N–H and O–H groups in total. The van der Waals surface area contributed by atoms with Crippen molar-refractivity contribution in [3.05, 3.63) is 0 Å². The molecule has 0 saturated carbocycles. The van der Waals surface area contributed by atoms with Crippen molar-refractivity contribution >= 4 is 37.9 Å². The SMILES string of the molecule is CC(C)(S)CC(C(C)(C)C(C)(C)S)C(C)(C)C(C)(C)S. The van der Waals surface area contributed by atoms with Crippen molar-refractivity contribution in [1.29, 1.82) is 0 Å². The van der Waals surface area contributed by atoms with E-state index in [1.54, 1.807) is 0 Å². The zero-order valence-electron chi connectivity index (χ0n) is 15.1. The lowest BCUT2D eigenvalue weighted by molar-refractivity contribution is 0.0162. The second kappa shape index (κ2) is 5.92. The van der Waals surface area contributed by atoms with Crippen molar-refractivity contribution in [2.75, 3.05) is 0 Å². The molecule has 0 unspecified atom stereocenters. The first-order valence-corrected chi connectivity index (χ1v) is 8.85. The Morgan fingerprint density at radius 3 is 1.00 bits per heavy atom. The second-order valence-corrected chi connectivity index (χ2v) is 12.6. The molecule has 0 aromatic rings. The summed E-state index contributed by atoms with van der Waals surface area (Å²) in [6.45, 7) is 22.6. The van der Waals surface area contributed by atoms with E-state index in [4.69, 9.17) is 37.9 Å². The van der Waals surface area contributed by atoms with Crippen LogP contribution < -0.4 is 0 Å². The summed E-state index contributed by atoms with van der Waals surface area (Å²) >= 11 is 14.6. The number of thiol groups is 3. The highest BCUT2D eigenvalue weighted by Gasteiger charge is 2.52. The predicted octanol–water partition coefficient (Wildman–Crippen LogP) is 6.17. The maximum atomic E-state index is 4.90. The van der Waals surface area contributed by atoms with Gasteiger partial charge in [0.05, 0.1) is 0 Å². The van der Waals surface area contributed by atoms with Gasteiger partial charge in [0, 0.05) is 14.2 Å². The highest BCUT2D eigenvalue weighted by molar-refractivity contribution is 7.82. The van der Waals surface area contributed by atoms with Crippen LogP contribution >= 0.6 is 37.9 Å². The zero-order chi connectivity index (χ0) is 16.8. The molecule has 0 radical (unpaired) electrons. The second-order valence-electron chi connectivity index (χ2n) is 9.13. The maximum absolute atomic E-state index is 4.90. The molecule has 0 amide bonds. The van der Waals surface area contributed by atoms with E-state index in [1.165, 1.54) is 0 Å². The van der Waals surface area contributed by atoms with Crippen LogP contribution in [0.5, 0.6) is 0 Å². The molecule has 0 aromatic heterocycles. The third-order valence-corrected chi connectivity index (χ3v) is 6.93. The smallest absolute Gasteiger partial charge is 0.0127 e. The Labute approximate surface area is 144 Å². The minimum absolute atomic E-state index is 0.00272. The Bertz CT molecular complexity index is 296. The standard InChI is InChI=1S/C17H36S3/c1-13(2,18)11-12(14(3,4)16(7,8)19)15(5,6)17(9,10)20/h12,18-20H,11H2,1-10H3. The van der Waals surface area contributed by atoms with Crippen molar-refractivity contribution < 1.29 is 0 Å². The summed E-state index contributed by atoms with van der Waals surface area (Å²) in [5.74, 6) is 0.461. The molecule has 0 aliphatic heterocycles. The Morgan fingerprint density at radius 2 is 0.850 bits per heavy atom. The first kappa shape index (κ1) is 21.0. The number of hydrogen-bond donors (Lipinski definition) is 3. The predicted molar refractivity (Wildman–Crippen MR) is 105 cm³/mol. The van der Waals surface area contributed by atoms with Crippen molar-refractivity contribution in [3.63, 3.8) is 0 Å². The summed E-state index contributed by atoms with van der Waals surface area (Å²) in [5, 5.41) is 0. The molecule has 0 fully saturated rings.